The SMILES string of the molecule is Cc1n[nH]c(=O)n(/N=C\c2c[nH]c3ccccc23)c1=O. The lowest BCUT2D eigenvalue weighted by Crippen LogP contribution is -2.35. The normalized spacial score (nSPS) is 11.4. The molecule has 0 unspecified atom stereocenters. The second kappa shape index (κ2) is 4.61. The molecular formula is C13H11N5O2. The summed E-state index contributed by atoms with van der Waals surface area (Å²) in [6.07, 6.45) is 3.23. The van der Waals surface area contributed by atoms with Crippen LogP contribution < -0.4 is 11.2 Å². The Kier molecular flexibility index (Phi) is 2.79. The summed E-state index contributed by atoms with van der Waals surface area (Å²) >= 11 is 0. The van der Waals surface area contributed by atoms with E-state index in [1.54, 1.807) is 6.20 Å². The lowest BCUT2D eigenvalue weighted by molar-refractivity contribution is 0.694. The van der Waals surface area contributed by atoms with Gasteiger partial charge >= 0.3 is 5.69 Å². The predicted molar refractivity (Wildman–Crippen MR) is 75.1 cm³/mol. The number of fused-ring (bicyclic) bond motifs is 1. The molecule has 0 aliphatic heterocycles. The number of rotatable bonds is 2. The molecule has 0 spiro atoms. The van der Waals surface area contributed by atoms with E-state index in [9.17, 15) is 9.59 Å². The van der Waals surface area contributed by atoms with Crippen LogP contribution in [0.1, 0.15) is 11.3 Å². The molecule has 0 saturated carbocycles. The van der Waals surface area contributed by atoms with Crippen LogP contribution in [0, 0.1) is 6.92 Å². The van der Waals surface area contributed by atoms with Crippen LogP contribution in [0.25, 0.3) is 10.9 Å². The maximum Gasteiger partial charge on any atom is 0.365 e. The summed E-state index contributed by atoms with van der Waals surface area (Å²) < 4.78 is 0.754. The van der Waals surface area contributed by atoms with Crippen LogP contribution in [0.5, 0.6) is 0 Å². The first-order chi connectivity index (χ1) is 9.66. The summed E-state index contributed by atoms with van der Waals surface area (Å²) in [5.41, 5.74) is 0.727. The average molecular weight is 269 g/mol. The first-order valence-electron chi connectivity index (χ1n) is 5.95. The minimum atomic E-state index is -0.670. The van der Waals surface area contributed by atoms with Crippen LogP contribution in [0.15, 0.2) is 45.2 Å². The molecule has 20 heavy (non-hydrogen) atoms. The van der Waals surface area contributed by atoms with Gasteiger partial charge in [-0.1, -0.05) is 18.2 Å². The second-order valence-corrected chi connectivity index (χ2v) is 4.27. The minimum absolute atomic E-state index is 0.181. The highest BCUT2D eigenvalue weighted by Crippen LogP contribution is 2.15. The number of para-hydroxylation sites is 1. The highest BCUT2D eigenvalue weighted by atomic mass is 16.2. The molecule has 2 aromatic heterocycles. The van der Waals surface area contributed by atoms with Gasteiger partial charge in [-0.3, -0.25) is 4.79 Å². The fraction of sp³-hybridized carbons (Fsp3) is 0.0769. The smallest absolute Gasteiger partial charge is 0.361 e. The molecule has 7 nitrogen and oxygen atoms in total. The van der Waals surface area contributed by atoms with Crippen LogP contribution in [0.2, 0.25) is 0 Å². The highest BCUT2D eigenvalue weighted by molar-refractivity contribution is 5.98. The van der Waals surface area contributed by atoms with Crippen molar-refractivity contribution < 1.29 is 0 Å². The molecule has 1 aromatic carbocycles. The minimum Gasteiger partial charge on any atom is -0.361 e. The first kappa shape index (κ1) is 12.1. The third-order valence-corrected chi connectivity index (χ3v) is 2.95. The molecule has 3 rings (SSSR count). The Labute approximate surface area is 112 Å². The zero-order valence-electron chi connectivity index (χ0n) is 10.6. The van der Waals surface area contributed by atoms with E-state index in [0.717, 1.165) is 21.1 Å². The Hall–Kier alpha value is -2.96. The molecule has 0 bridgehead atoms. The van der Waals surface area contributed by atoms with Gasteiger partial charge in [-0.15, -0.1) is 4.68 Å². The molecular weight excluding hydrogens is 258 g/mol. The maximum absolute atomic E-state index is 11.8. The fourth-order valence-electron chi connectivity index (χ4n) is 1.90. The molecule has 3 aromatic rings. The van der Waals surface area contributed by atoms with E-state index in [1.807, 2.05) is 24.3 Å². The van der Waals surface area contributed by atoms with E-state index in [2.05, 4.69) is 20.3 Å². The zero-order chi connectivity index (χ0) is 14.1. The number of nitrogens with zero attached hydrogens (tertiary/aromatic N) is 3. The topological polar surface area (TPSA) is 95.9 Å². The Morgan fingerprint density at radius 1 is 1.30 bits per heavy atom. The summed E-state index contributed by atoms with van der Waals surface area (Å²) in [6.45, 7) is 1.51. The van der Waals surface area contributed by atoms with Crippen molar-refractivity contribution in [1.29, 1.82) is 0 Å². The summed E-state index contributed by atoms with van der Waals surface area (Å²) in [5.74, 6) is 0. The van der Waals surface area contributed by atoms with Crippen molar-refractivity contribution in [1.82, 2.24) is 19.9 Å². The predicted octanol–water partition coefficient (Wildman–Crippen LogP) is 0.604. The molecule has 0 aliphatic rings. The van der Waals surface area contributed by atoms with Crippen molar-refractivity contribution in [2.24, 2.45) is 5.10 Å². The molecule has 0 radical (unpaired) electrons. The highest BCUT2D eigenvalue weighted by Gasteiger charge is 2.04. The molecule has 7 heteroatoms. The summed E-state index contributed by atoms with van der Waals surface area (Å²) in [7, 11) is 0. The third-order valence-electron chi connectivity index (χ3n) is 2.95. The van der Waals surface area contributed by atoms with Gasteiger partial charge in [-0.2, -0.15) is 10.2 Å². The molecule has 0 aliphatic carbocycles. The van der Waals surface area contributed by atoms with Crippen molar-refractivity contribution in [2.45, 2.75) is 6.92 Å². The number of hydrogen-bond acceptors (Lipinski definition) is 4. The number of hydrogen-bond donors (Lipinski definition) is 2. The van der Waals surface area contributed by atoms with Crippen molar-refractivity contribution >= 4 is 17.1 Å². The van der Waals surface area contributed by atoms with Gasteiger partial charge in [-0.25, -0.2) is 9.89 Å². The molecule has 100 valence electrons. The first-order valence-corrected chi connectivity index (χ1v) is 5.95. The summed E-state index contributed by atoms with van der Waals surface area (Å²) in [4.78, 5) is 26.4. The standard InChI is InChI=1S/C13H11N5O2/c1-8-12(19)18(13(20)17-16-8)15-7-9-6-14-11-5-3-2-4-10(9)11/h2-7,14H,1H3,(H,17,20)/b15-7-. The van der Waals surface area contributed by atoms with Crippen LogP contribution >= 0.6 is 0 Å². The number of aromatic amines is 2. The average Bonchev–Trinajstić information content (AvgIpc) is 2.87. The van der Waals surface area contributed by atoms with Gasteiger partial charge in [0.15, 0.2) is 0 Å². The third kappa shape index (κ3) is 1.95. The number of nitrogens with one attached hydrogen (secondary N) is 2. The van der Waals surface area contributed by atoms with Gasteiger partial charge < -0.3 is 4.98 Å². The van der Waals surface area contributed by atoms with Gasteiger partial charge in [-0.05, 0) is 13.0 Å². The number of benzene rings is 1. The molecule has 0 fully saturated rings. The molecule has 0 atom stereocenters. The Morgan fingerprint density at radius 2 is 2.10 bits per heavy atom. The van der Waals surface area contributed by atoms with Crippen molar-refractivity contribution in [3.63, 3.8) is 0 Å². The zero-order valence-corrected chi connectivity index (χ0v) is 10.6. The van der Waals surface area contributed by atoms with E-state index in [0.29, 0.717) is 0 Å². The lowest BCUT2D eigenvalue weighted by Gasteiger charge is -1.96. The van der Waals surface area contributed by atoms with Crippen LogP contribution in [0.3, 0.4) is 0 Å². The van der Waals surface area contributed by atoms with E-state index in [1.165, 1.54) is 13.1 Å². The van der Waals surface area contributed by atoms with Gasteiger partial charge in [0.25, 0.3) is 5.56 Å². The van der Waals surface area contributed by atoms with E-state index < -0.39 is 11.2 Å². The van der Waals surface area contributed by atoms with Crippen molar-refractivity contribution in [3.8, 4) is 0 Å². The molecule has 2 heterocycles. The van der Waals surface area contributed by atoms with E-state index in [4.69, 9.17) is 0 Å². The Balaban J connectivity index is 2.10. The molecule has 0 saturated heterocycles. The van der Waals surface area contributed by atoms with E-state index in [-0.39, 0.29) is 5.69 Å². The number of aromatic nitrogens is 4. The summed E-state index contributed by atoms with van der Waals surface area (Å²) in [5, 5.41) is 10.7. The van der Waals surface area contributed by atoms with Crippen LogP contribution in [-0.4, -0.2) is 26.1 Å². The van der Waals surface area contributed by atoms with Gasteiger partial charge in [0.1, 0.15) is 5.69 Å². The van der Waals surface area contributed by atoms with Crippen LogP contribution in [0.4, 0.5) is 0 Å². The monoisotopic (exact) mass is 269 g/mol. The quantitative estimate of drug-likeness (QED) is 0.667. The number of aryl methyl sites for hydroxylation is 1. The lowest BCUT2D eigenvalue weighted by atomic mass is 10.2. The van der Waals surface area contributed by atoms with Gasteiger partial charge in [0, 0.05) is 22.7 Å². The van der Waals surface area contributed by atoms with Gasteiger partial charge in [0.05, 0.1) is 6.21 Å². The molecule has 2 N–H and O–H groups in total. The van der Waals surface area contributed by atoms with E-state index >= 15 is 0 Å². The fourth-order valence-corrected chi connectivity index (χ4v) is 1.90. The summed E-state index contributed by atoms with van der Waals surface area (Å²) in [6, 6.07) is 7.69. The van der Waals surface area contributed by atoms with Crippen molar-refractivity contribution in [2.75, 3.05) is 0 Å². The Bertz CT molecular complexity index is 916. The van der Waals surface area contributed by atoms with Crippen LogP contribution in [-0.2, 0) is 0 Å². The number of H-pyrrole nitrogens is 2. The van der Waals surface area contributed by atoms with Crippen molar-refractivity contribution in [3.05, 3.63) is 62.6 Å². The largest absolute Gasteiger partial charge is 0.365 e. The van der Waals surface area contributed by atoms with Gasteiger partial charge in [0.2, 0.25) is 0 Å². The Morgan fingerprint density at radius 3 is 2.95 bits per heavy atom. The molecule has 0 amide bonds. The second-order valence-electron chi connectivity index (χ2n) is 4.27. The maximum atomic E-state index is 11.8.